The zero-order valence-electron chi connectivity index (χ0n) is 16.8. The summed E-state index contributed by atoms with van der Waals surface area (Å²) >= 11 is 6.26. The highest BCUT2D eigenvalue weighted by Gasteiger charge is 2.22. The average molecular weight is 465 g/mol. The molecule has 1 fully saturated rings. The van der Waals surface area contributed by atoms with E-state index in [1.165, 1.54) is 0 Å². The van der Waals surface area contributed by atoms with Gasteiger partial charge in [0.1, 0.15) is 0 Å². The van der Waals surface area contributed by atoms with Gasteiger partial charge >= 0.3 is 6.43 Å². The number of hydrogen-bond acceptors (Lipinski definition) is 5. The van der Waals surface area contributed by atoms with Gasteiger partial charge in [0.2, 0.25) is 5.89 Å². The molecule has 5 nitrogen and oxygen atoms in total. The quantitative estimate of drug-likeness (QED) is 0.454. The van der Waals surface area contributed by atoms with E-state index >= 15 is 0 Å². The van der Waals surface area contributed by atoms with E-state index in [-0.39, 0.29) is 16.6 Å². The van der Waals surface area contributed by atoms with Crippen LogP contribution in [0, 0.1) is 0 Å². The van der Waals surface area contributed by atoms with Crippen LogP contribution in [-0.2, 0) is 6.54 Å². The molecule has 0 aliphatic carbocycles. The van der Waals surface area contributed by atoms with Crippen LogP contribution in [0.3, 0.4) is 0 Å². The second-order valence-electron chi connectivity index (χ2n) is 7.31. The first-order valence-electron chi connectivity index (χ1n) is 9.99. The van der Waals surface area contributed by atoms with Gasteiger partial charge in [-0.1, -0.05) is 46.3 Å². The SMILES string of the molecule is C=S(C1CCNCC1)N(Cc1ccc(-c2nnc(C(F)F)o2)cc1)c1cccc(Cl)c1. The van der Waals surface area contributed by atoms with Gasteiger partial charge in [-0.05, 0) is 61.8 Å². The van der Waals surface area contributed by atoms with Gasteiger partial charge in [0.25, 0.3) is 5.89 Å². The van der Waals surface area contributed by atoms with E-state index in [1.807, 2.05) is 30.3 Å². The Balaban J connectivity index is 1.56. The number of aromatic nitrogens is 2. The maximum absolute atomic E-state index is 12.7. The molecule has 1 aliphatic rings. The number of hydrogen-bond donors (Lipinski definition) is 1. The van der Waals surface area contributed by atoms with Gasteiger partial charge in [0.05, 0.1) is 6.54 Å². The summed E-state index contributed by atoms with van der Waals surface area (Å²) in [4.78, 5) is 0. The van der Waals surface area contributed by atoms with Crippen molar-refractivity contribution < 1.29 is 13.2 Å². The summed E-state index contributed by atoms with van der Waals surface area (Å²) in [5, 5.41) is 11.7. The van der Waals surface area contributed by atoms with Crippen molar-refractivity contribution in [2.75, 3.05) is 17.4 Å². The molecular formula is C22H23ClF2N4OS. The van der Waals surface area contributed by atoms with Crippen molar-refractivity contribution in [1.82, 2.24) is 15.5 Å². The molecule has 1 aliphatic heterocycles. The molecule has 1 saturated heterocycles. The molecule has 0 amide bonds. The van der Waals surface area contributed by atoms with E-state index < -0.39 is 12.3 Å². The summed E-state index contributed by atoms with van der Waals surface area (Å²) in [6, 6.07) is 15.3. The van der Waals surface area contributed by atoms with Crippen molar-refractivity contribution >= 4 is 33.8 Å². The van der Waals surface area contributed by atoms with Gasteiger partial charge in [-0.2, -0.15) is 8.78 Å². The predicted molar refractivity (Wildman–Crippen MR) is 123 cm³/mol. The molecule has 3 aromatic rings. The fourth-order valence-electron chi connectivity index (χ4n) is 3.55. The minimum absolute atomic E-state index is 0.0835. The maximum atomic E-state index is 12.7. The van der Waals surface area contributed by atoms with E-state index in [1.54, 1.807) is 12.1 Å². The summed E-state index contributed by atoms with van der Waals surface area (Å²) in [6.07, 6.45) is -0.602. The Morgan fingerprint density at radius 1 is 1.16 bits per heavy atom. The van der Waals surface area contributed by atoms with Crippen LogP contribution in [-0.4, -0.2) is 34.4 Å². The van der Waals surface area contributed by atoms with Crippen molar-refractivity contribution in [2.45, 2.75) is 31.1 Å². The number of rotatable bonds is 7. The van der Waals surface area contributed by atoms with Crippen LogP contribution in [0.1, 0.15) is 30.7 Å². The third-order valence-corrected chi connectivity index (χ3v) is 7.59. The maximum Gasteiger partial charge on any atom is 0.314 e. The molecule has 164 valence electrons. The molecular weight excluding hydrogens is 442 g/mol. The molecule has 0 radical (unpaired) electrons. The molecule has 0 saturated carbocycles. The number of piperidine rings is 1. The first-order valence-corrected chi connectivity index (χ1v) is 11.8. The Labute approximate surface area is 187 Å². The highest BCUT2D eigenvalue weighted by molar-refractivity contribution is 8.15. The first kappa shape index (κ1) is 21.9. The van der Waals surface area contributed by atoms with Crippen molar-refractivity contribution in [1.29, 1.82) is 0 Å². The average Bonchev–Trinajstić information content (AvgIpc) is 3.29. The molecule has 2 heterocycles. The number of anilines is 1. The number of nitrogens with one attached hydrogen (secondary N) is 1. The molecule has 9 heteroatoms. The lowest BCUT2D eigenvalue weighted by molar-refractivity contribution is 0.116. The van der Waals surface area contributed by atoms with Gasteiger partial charge in [0, 0.05) is 21.5 Å². The fourth-order valence-corrected chi connectivity index (χ4v) is 5.57. The summed E-state index contributed by atoms with van der Waals surface area (Å²) in [5.74, 6) is 3.94. The Morgan fingerprint density at radius 2 is 1.90 bits per heavy atom. The van der Waals surface area contributed by atoms with Crippen molar-refractivity contribution in [3.05, 3.63) is 65.0 Å². The second-order valence-corrected chi connectivity index (χ2v) is 9.66. The van der Waals surface area contributed by atoms with Crippen molar-refractivity contribution in [3.63, 3.8) is 0 Å². The van der Waals surface area contributed by atoms with E-state index in [4.69, 9.17) is 16.0 Å². The summed E-state index contributed by atoms with van der Waals surface area (Å²) in [6.45, 7) is 2.67. The largest absolute Gasteiger partial charge is 0.415 e. The van der Waals surface area contributed by atoms with Crippen LogP contribution in [0.2, 0.25) is 5.02 Å². The third kappa shape index (κ3) is 5.31. The lowest BCUT2D eigenvalue weighted by Gasteiger charge is -2.35. The molecule has 0 bridgehead atoms. The molecule has 1 atom stereocenters. The van der Waals surface area contributed by atoms with Gasteiger partial charge in [-0.25, -0.2) is 0 Å². The Kier molecular flexibility index (Phi) is 6.99. The minimum atomic E-state index is -2.78. The normalized spacial score (nSPS) is 15.9. The van der Waals surface area contributed by atoms with E-state index in [0.29, 0.717) is 22.4 Å². The Hall–Kier alpha value is -2.29. The molecule has 1 unspecified atom stereocenters. The van der Waals surface area contributed by atoms with Crippen LogP contribution in [0.5, 0.6) is 0 Å². The Bertz CT molecular complexity index is 1040. The summed E-state index contributed by atoms with van der Waals surface area (Å²) in [5.41, 5.74) is 2.70. The predicted octanol–water partition coefficient (Wildman–Crippen LogP) is 5.70. The number of halogens is 3. The van der Waals surface area contributed by atoms with Gasteiger partial charge in [-0.3, -0.25) is 0 Å². The number of benzene rings is 2. The topological polar surface area (TPSA) is 54.2 Å². The molecule has 31 heavy (non-hydrogen) atoms. The molecule has 1 N–H and O–H groups in total. The molecule has 2 aromatic carbocycles. The van der Waals surface area contributed by atoms with E-state index in [2.05, 4.69) is 31.8 Å². The standard InChI is InChI=1S/C22H23ClF2N4OS/c1-31(19-9-11-26-12-10-19)29(18-4-2-3-17(23)13-18)14-15-5-7-16(8-6-15)21-27-28-22(30-21)20(24)25/h2-8,13,19-20,26H,1,9-12,14H2. The zero-order valence-corrected chi connectivity index (χ0v) is 18.4. The smallest absolute Gasteiger partial charge is 0.314 e. The van der Waals surface area contributed by atoms with Crippen molar-refractivity contribution in [3.8, 4) is 11.5 Å². The van der Waals surface area contributed by atoms with E-state index in [9.17, 15) is 8.78 Å². The first-order chi connectivity index (χ1) is 15.0. The van der Waals surface area contributed by atoms with Crippen molar-refractivity contribution in [2.24, 2.45) is 0 Å². The minimum Gasteiger partial charge on any atom is -0.415 e. The molecule has 4 rings (SSSR count). The number of nitrogens with zero attached hydrogens (tertiary/aromatic N) is 3. The van der Waals surface area contributed by atoms with Crippen LogP contribution in [0.15, 0.2) is 52.9 Å². The third-order valence-electron chi connectivity index (χ3n) is 5.20. The highest BCUT2D eigenvalue weighted by Crippen LogP contribution is 2.37. The molecule has 0 spiro atoms. The summed E-state index contributed by atoms with van der Waals surface area (Å²) in [7, 11) is -0.237. The highest BCUT2D eigenvalue weighted by atomic mass is 35.5. The fraction of sp³-hybridized carbons (Fsp3) is 0.318. The van der Waals surface area contributed by atoms with Gasteiger partial charge in [0.15, 0.2) is 0 Å². The monoisotopic (exact) mass is 464 g/mol. The lowest BCUT2D eigenvalue weighted by atomic mass is 10.1. The van der Waals surface area contributed by atoms with Gasteiger partial charge < -0.3 is 14.0 Å². The second kappa shape index (κ2) is 9.89. The van der Waals surface area contributed by atoms with Crippen LogP contribution in [0.4, 0.5) is 14.5 Å². The van der Waals surface area contributed by atoms with Crippen LogP contribution in [0.25, 0.3) is 11.5 Å². The van der Waals surface area contributed by atoms with Crippen LogP contribution >= 0.6 is 22.3 Å². The lowest BCUT2D eigenvalue weighted by Crippen LogP contribution is -2.33. The molecule has 1 aromatic heterocycles. The number of alkyl halides is 2. The van der Waals surface area contributed by atoms with Crippen LogP contribution < -0.4 is 9.62 Å². The summed E-state index contributed by atoms with van der Waals surface area (Å²) < 4.78 is 32.7. The Morgan fingerprint density at radius 3 is 2.55 bits per heavy atom. The van der Waals surface area contributed by atoms with E-state index in [0.717, 1.165) is 37.2 Å². The van der Waals surface area contributed by atoms with Gasteiger partial charge in [-0.15, -0.1) is 10.2 Å². The zero-order chi connectivity index (χ0) is 21.8.